The van der Waals surface area contributed by atoms with Gasteiger partial charge in [0.2, 0.25) is 5.82 Å². The SMILES string of the molecule is CCCn1nc2n(c1=O)CCN(C(=O)c1ncccn1)C2. The van der Waals surface area contributed by atoms with E-state index in [4.69, 9.17) is 0 Å². The minimum Gasteiger partial charge on any atom is -0.327 e. The van der Waals surface area contributed by atoms with Gasteiger partial charge in [-0.25, -0.2) is 19.4 Å². The minimum absolute atomic E-state index is 0.102. The van der Waals surface area contributed by atoms with Gasteiger partial charge in [0.25, 0.3) is 5.91 Å². The largest absolute Gasteiger partial charge is 0.346 e. The van der Waals surface area contributed by atoms with Crippen molar-refractivity contribution in [2.24, 2.45) is 0 Å². The molecule has 1 aliphatic rings. The molecule has 0 saturated carbocycles. The second-order valence-electron chi connectivity index (χ2n) is 4.87. The van der Waals surface area contributed by atoms with E-state index >= 15 is 0 Å². The number of fused-ring (bicyclic) bond motifs is 1. The Hall–Kier alpha value is -2.51. The molecule has 3 rings (SSSR count). The summed E-state index contributed by atoms with van der Waals surface area (Å²) in [6.45, 7) is 3.81. The topological polar surface area (TPSA) is 85.9 Å². The molecule has 3 heterocycles. The van der Waals surface area contributed by atoms with E-state index < -0.39 is 0 Å². The summed E-state index contributed by atoms with van der Waals surface area (Å²) in [5, 5.41) is 4.30. The van der Waals surface area contributed by atoms with Crippen LogP contribution < -0.4 is 5.69 Å². The zero-order valence-electron chi connectivity index (χ0n) is 11.8. The Balaban J connectivity index is 1.83. The molecule has 0 N–H and O–H groups in total. The fourth-order valence-electron chi connectivity index (χ4n) is 2.38. The minimum atomic E-state index is -0.237. The monoisotopic (exact) mass is 288 g/mol. The summed E-state index contributed by atoms with van der Waals surface area (Å²) in [4.78, 5) is 33.9. The average Bonchev–Trinajstić information content (AvgIpc) is 2.84. The van der Waals surface area contributed by atoms with Gasteiger partial charge in [0.1, 0.15) is 0 Å². The molecule has 1 amide bonds. The first-order valence-electron chi connectivity index (χ1n) is 6.93. The molecule has 0 aromatic carbocycles. The van der Waals surface area contributed by atoms with Crippen molar-refractivity contribution in [1.82, 2.24) is 29.2 Å². The summed E-state index contributed by atoms with van der Waals surface area (Å²) in [6.07, 6.45) is 3.92. The van der Waals surface area contributed by atoms with Gasteiger partial charge < -0.3 is 4.90 Å². The van der Waals surface area contributed by atoms with E-state index in [1.54, 1.807) is 15.5 Å². The molecule has 2 aromatic rings. The van der Waals surface area contributed by atoms with Gasteiger partial charge in [-0.2, -0.15) is 5.10 Å². The van der Waals surface area contributed by atoms with E-state index in [2.05, 4.69) is 15.1 Å². The molecule has 2 aromatic heterocycles. The summed E-state index contributed by atoms with van der Waals surface area (Å²) < 4.78 is 3.09. The third-order valence-electron chi connectivity index (χ3n) is 3.40. The van der Waals surface area contributed by atoms with E-state index in [1.807, 2.05) is 6.92 Å². The quantitative estimate of drug-likeness (QED) is 0.787. The molecular weight excluding hydrogens is 272 g/mol. The summed E-state index contributed by atoms with van der Waals surface area (Å²) in [7, 11) is 0. The van der Waals surface area contributed by atoms with Crippen molar-refractivity contribution >= 4 is 5.91 Å². The number of aromatic nitrogens is 5. The van der Waals surface area contributed by atoms with Gasteiger partial charge in [-0.1, -0.05) is 6.92 Å². The Bertz CT molecular complexity index is 705. The van der Waals surface area contributed by atoms with Crippen LogP contribution in [-0.2, 0) is 19.6 Å². The molecule has 0 radical (unpaired) electrons. The van der Waals surface area contributed by atoms with Crippen LogP contribution in [0.1, 0.15) is 29.8 Å². The van der Waals surface area contributed by atoms with E-state index in [0.717, 1.165) is 6.42 Å². The molecular formula is C13H16N6O2. The molecule has 0 fully saturated rings. The van der Waals surface area contributed by atoms with Crippen molar-refractivity contribution in [2.45, 2.75) is 33.0 Å². The molecule has 1 aliphatic heterocycles. The lowest BCUT2D eigenvalue weighted by Crippen LogP contribution is -2.41. The molecule has 0 saturated heterocycles. The van der Waals surface area contributed by atoms with Crippen LogP contribution in [0.2, 0.25) is 0 Å². The second kappa shape index (κ2) is 5.47. The van der Waals surface area contributed by atoms with Crippen molar-refractivity contribution in [1.29, 1.82) is 0 Å². The lowest BCUT2D eigenvalue weighted by atomic mass is 10.3. The molecule has 8 heteroatoms. The highest BCUT2D eigenvalue weighted by atomic mass is 16.2. The first kappa shape index (κ1) is 13.5. The Kier molecular flexibility index (Phi) is 3.51. The normalized spacial score (nSPS) is 14.0. The lowest BCUT2D eigenvalue weighted by Gasteiger charge is -2.25. The van der Waals surface area contributed by atoms with E-state index in [9.17, 15) is 9.59 Å². The van der Waals surface area contributed by atoms with Gasteiger partial charge in [-0.15, -0.1) is 0 Å². The van der Waals surface area contributed by atoms with Crippen molar-refractivity contribution in [3.05, 3.63) is 40.6 Å². The Labute approximate surface area is 121 Å². The molecule has 8 nitrogen and oxygen atoms in total. The number of hydrogen-bond donors (Lipinski definition) is 0. The van der Waals surface area contributed by atoms with Crippen molar-refractivity contribution in [2.75, 3.05) is 6.54 Å². The van der Waals surface area contributed by atoms with Crippen molar-refractivity contribution in [3.8, 4) is 0 Å². The van der Waals surface area contributed by atoms with Gasteiger partial charge >= 0.3 is 5.69 Å². The number of nitrogens with zero attached hydrogens (tertiary/aromatic N) is 6. The molecule has 21 heavy (non-hydrogen) atoms. The molecule has 110 valence electrons. The smallest absolute Gasteiger partial charge is 0.327 e. The zero-order valence-corrected chi connectivity index (χ0v) is 11.8. The van der Waals surface area contributed by atoms with Gasteiger partial charge in [0.05, 0.1) is 6.54 Å². The summed E-state index contributed by atoms with van der Waals surface area (Å²) in [6, 6.07) is 1.66. The van der Waals surface area contributed by atoms with Crippen LogP contribution in [0, 0.1) is 0 Å². The zero-order chi connectivity index (χ0) is 14.8. The predicted octanol–water partition coefficient (Wildman–Crippen LogP) is -0.0992. The fourth-order valence-corrected chi connectivity index (χ4v) is 2.38. The molecule has 0 unspecified atom stereocenters. The summed E-state index contributed by atoms with van der Waals surface area (Å²) in [5.41, 5.74) is -0.102. The molecule has 0 aliphatic carbocycles. The number of carbonyl (C=O) groups is 1. The van der Waals surface area contributed by atoms with Gasteiger partial charge in [0.15, 0.2) is 5.82 Å². The van der Waals surface area contributed by atoms with Crippen molar-refractivity contribution in [3.63, 3.8) is 0 Å². The van der Waals surface area contributed by atoms with E-state index in [1.165, 1.54) is 17.1 Å². The second-order valence-corrected chi connectivity index (χ2v) is 4.87. The highest BCUT2D eigenvalue weighted by Crippen LogP contribution is 2.10. The molecule has 0 bridgehead atoms. The number of hydrogen-bond acceptors (Lipinski definition) is 5. The van der Waals surface area contributed by atoms with Crippen molar-refractivity contribution < 1.29 is 4.79 Å². The maximum absolute atomic E-state index is 12.3. The Morgan fingerprint density at radius 1 is 1.29 bits per heavy atom. The van der Waals surface area contributed by atoms with E-state index in [0.29, 0.717) is 32.0 Å². The van der Waals surface area contributed by atoms with Crippen LogP contribution in [-0.4, -0.2) is 41.7 Å². The average molecular weight is 288 g/mol. The number of aryl methyl sites for hydroxylation is 1. The molecule has 0 spiro atoms. The standard InChI is InChI=1S/C13H16N6O2/c1-2-6-19-13(21)18-8-7-17(9-10(18)16-19)12(20)11-14-4-3-5-15-11/h3-5H,2,6-9H2,1H3. The fraction of sp³-hybridized carbons (Fsp3) is 0.462. The maximum Gasteiger partial charge on any atom is 0.346 e. The van der Waals surface area contributed by atoms with Gasteiger partial charge in [-0.3, -0.25) is 9.36 Å². The van der Waals surface area contributed by atoms with E-state index in [-0.39, 0.29) is 17.4 Å². The van der Waals surface area contributed by atoms with Crippen LogP contribution in [0.3, 0.4) is 0 Å². The van der Waals surface area contributed by atoms with Gasteiger partial charge in [0, 0.05) is 32.0 Å². The third kappa shape index (κ3) is 2.44. The van der Waals surface area contributed by atoms with Crippen LogP contribution >= 0.6 is 0 Å². The van der Waals surface area contributed by atoms with Crippen LogP contribution in [0.25, 0.3) is 0 Å². The number of amides is 1. The molecule has 0 atom stereocenters. The number of carbonyl (C=O) groups excluding carboxylic acids is 1. The third-order valence-corrected chi connectivity index (χ3v) is 3.40. The van der Waals surface area contributed by atoms with Crippen LogP contribution in [0.4, 0.5) is 0 Å². The van der Waals surface area contributed by atoms with Crippen LogP contribution in [0.5, 0.6) is 0 Å². The highest BCUT2D eigenvalue weighted by molar-refractivity contribution is 5.90. The summed E-state index contributed by atoms with van der Waals surface area (Å²) >= 11 is 0. The lowest BCUT2D eigenvalue weighted by molar-refractivity contribution is 0.0693. The Morgan fingerprint density at radius 2 is 2.05 bits per heavy atom. The highest BCUT2D eigenvalue weighted by Gasteiger charge is 2.26. The summed E-state index contributed by atoms with van der Waals surface area (Å²) in [5.74, 6) is 0.546. The van der Waals surface area contributed by atoms with Crippen LogP contribution in [0.15, 0.2) is 23.3 Å². The van der Waals surface area contributed by atoms with Gasteiger partial charge in [-0.05, 0) is 12.5 Å². The first-order chi connectivity index (χ1) is 10.2. The maximum atomic E-state index is 12.3. The first-order valence-corrected chi connectivity index (χ1v) is 6.93. The number of rotatable bonds is 3. The predicted molar refractivity (Wildman–Crippen MR) is 73.6 cm³/mol. The Morgan fingerprint density at radius 3 is 2.76 bits per heavy atom.